The Morgan fingerprint density at radius 1 is 1.33 bits per heavy atom. The fourth-order valence-electron chi connectivity index (χ4n) is 3.17. The van der Waals surface area contributed by atoms with Gasteiger partial charge in [-0.1, -0.05) is 20.8 Å². The number of nitrogens with one attached hydrogen (secondary N) is 1. The summed E-state index contributed by atoms with van der Waals surface area (Å²) in [5.41, 5.74) is 0.0273. The second-order valence-electron chi connectivity index (χ2n) is 6.60. The number of methoxy groups -OCH3 is 1. The van der Waals surface area contributed by atoms with Gasteiger partial charge in [-0.3, -0.25) is 0 Å². The van der Waals surface area contributed by atoms with E-state index in [1.807, 2.05) is 0 Å². The van der Waals surface area contributed by atoms with Crippen LogP contribution in [0.25, 0.3) is 0 Å². The third-order valence-electron chi connectivity index (χ3n) is 5.24. The number of rotatable bonds is 5. The first-order valence-electron chi connectivity index (χ1n) is 7.95. The van der Waals surface area contributed by atoms with Gasteiger partial charge in [0.15, 0.2) is 0 Å². The number of esters is 1. The van der Waals surface area contributed by atoms with Crippen molar-refractivity contribution in [2.75, 3.05) is 7.11 Å². The van der Waals surface area contributed by atoms with Crippen LogP contribution in [0, 0.1) is 5.92 Å². The molecule has 1 heterocycles. The smallest absolute Gasteiger partial charge is 0.372 e. The standard InChI is InChI=1S/C17H31NO3/c1-8-13(15(19)20-7)21-14-11-16(5,9-2)18-17(6,10-3)12(14)4/h8,12,14,18H,9-11H2,1-7H3. The second kappa shape index (κ2) is 6.82. The average molecular weight is 297 g/mol. The molecule has 0 aromatic heterocycles. The van der Waals surface area contributed by atoms with Crippen LogP contribution < -0.4 is 5.32 Å². The van der Waals surface area contributed by atoms with E-state index in [-0.39, 0.29) is 17.2 Å². The monoisotopic (exact) mass is 297 g/mol. The molecule has 0 spiro atoms. The zero-order valence-corrected chi connectivity index (χ0v) is 14.6. The predicted octanol–water partition coefficient (Wildman–Crippen LogP) is 3.42. The predicted molar refractivity (Wildman–Crippen MR) is 85.0 cm³/mol. The van der Waals surface area contributed by atoms with Crippen molar-refractivity contribution in [3.63, 3.8) is 0 Å². The molecule has 0 aromatic carbocycles. The first-order valence-corrected chi connectivity index (χ1v) is 7.95. The van der Waals surface area contributed by atoms with Crippen LogP contribution in [0.5, 0.6) is 0 Å². The van der Waals surface area contributed by atoms with Gasteiger partial charge in [-0.05, 0) is 39.7 Å². The molecular formula is C17H31NO3. The highest BCUT2D eigenvalue weighted by atomic mass is 16.6. The largest absolute Gasteiger partial charge is 0.483 e. The fourth-order valence-corrected chi connectivity index (χ4v) is 3.17. The Kier molecular flexibility index (Phi) is 5.85. The van der Waals surface area contributed by atoms with E-state index in [0.29, 0.717) is 11.7 Å². The maximum Gasteiger partial charge on any atom is 0.372 e. The Labute approximate surface area is 129 Å². The summed E-state index contributed by atoms with van der Waals surface area (Å²) in [5.74, 6) is 0.217. The summed E-state index contributed by atoms with van der Waals surface area (Å²) in [6.45, 7) is 12.9. The lowest BCUT2D eigenvalue weighted by molar-refractivity contribution is -0.144. The number of hydrogen-bond donors (Lipinski definition) is 1. The molecule has 1 rings (SSSR count). The zero-order valence-electron chi connectivity index (χ0n) is 14.6. The number of allylic oxidation sites excluding steroid dienone is 1. The lowest BCUT2D eigenvalue weighted by Gasteiger charge is -2.53. The minimum atomic E-state index is -0.403. The summed E-state index contributed by atoms with van der Waals surface area (Å²) in [6.07, 6.45) is 4.62. The molecule has 0 amide bonds. The summed E-state index contributed by atoms with van der Waals surface area (Å²) in [4.78, 5) is 11.8. The van der Waals surface area contributed by atoms with Crippen LogP contribution >= 0.6 is 0 Å². The number of carbonyl (C=O) groups is 1. The summed E-state index contributed by atoms with van der Waals surface area (Å²) < 4.78 is 10.8. The normalized spacial score (nSPS) is 37.2. The van der Waals surface area contributed by atoms with Crippen molar-refractivity contribution in [3.8, 4) is 0 Å². The van der Waals surface area contributed by atoms with E-state index in [2.05, 4.69) is 39.9 Å². The molecule has 4 unspecified atom stereocenters. The molecule has 21 heavy (non-hydrogen) atoms. The molecule has 1 fully saturated rings. The van der Waals surface area contributed by atoms with E-state index in [1.165, 1.54) is 7.11 Å². The Hall–Kier alpha value is -1.03. The van der Waals surface area contributed by atoms with Crippen LogP contribution in [0.3, 0.4) is 0 Å². The highest BCUT2D eigenvalue weighted by Gasteiger charge is 2.47. The Balaban J connectivity index is 3.01. The molecular weight excluding hydrogens is 266 g/mol. The molecule has 1 saturated heterocycles. The fraction of sp³-hybridized carbons (Fsp3) is 0.824. The maximum absolute atomic E-state index is 11.8. The topological polar surface area (TPSA) is 47.6 Å². The van der Waals surface area contributed by atoms with Gasteiger partial charge in [-0.15, -0.1) is 0 Å². The molecule has 0 aromatic rings. The average Bonchev–Trinajstić information content (AvgIpc) is 2.48. The Morgan fingerprint density at radius 3 is 2.38 bits per heavy atom. The first kappa shape index (κ1) is 18.0. The molecule has 1 N–H and O–H groups in total. The molecule has 4 nitrogen and oxygen atoms in total. The lowest BCUT2D eigenvalue weighted by Crippen LogP contribution is -2.66. The van der Waals surface area contributed by atoms with Gasteiger partial charge >= 0.3 is 5.97 Å². The molecule has 122 valence electrons. The van der Waals surface area contributed by atoms with Gasteiger partial charge in [0, 0.05) is 23.4 Å². The van der Waals surface area contributed by atoms with Gasteiger partial charge in [0.05, 0.1) is 7.11 Å². The van der Waals surface area contributed by atoms with Crippen LogP contribution in [0.2, 0.25) is 0 Å². The van der Waals surface area contributed by atoms with E-state index in [4.69, 9.17) is 9.47 Å². The molecule has 0 saturated carbocycles. The van der Waals surface area contributed by atoms with E-state index in [9.17, 15) is 4.79 Å². The number of carbonyl (C=O) groups excluding carboxylic acids is 1. The molecule has 0 bridgehead atoms. The highest BCUT2D eigenvalue weighted by molar-refractivity contribution is 5.86. The van der Waals surface area contributed by atoms with Crippen molar-refractivity contribution >= 4 is 5.97 Å². The third kappa shape index (κ3) is 3.79. The number of ether oxygens (including phenoxy) is 2. The van der Waals surface area contributed by atoms with Gasteiger partial charge in [0.2, 0.25) is 5.76 Å². The Morgan fingerprint density at radius 2 is 1.95 bits per heavy atom. The lowest BCUT2D eigenvalue weighted by atomic mass is 9.70. The van der Waals surface area contributed by atoms with Crippen molar-refractivity contribution in [2.24, 2.45) is 5.92 Å². The molecule has 0 aliphatic carbocycles. The van der Waals surface area contributed by atoms with Gasteiger partial charge in [0.1, 0.15) is 6.10 Å². The molecule has 0 radical (unpaired) electrons. The molecule has 4 atom stereocenters. The highest BCUT2D eigenvalue weighted by Crippen LogP contribution is 2.39. The number of piperidine rings is 1. The number of hydrogen-bond acceptors (Lipinski definition) is 4. The van der Waals surface area contributed by atoms with Gasteiger partial charge < -0.3 is 14.8 Å². The van der Waals surface area contributed by atoms with Gasteiger partial charge in [-0.2, -0.15) is 0 Å². The summed E-state index contributed by atoms with van der Waals surface area (Å²) in [5, 5.41) is 3.80. The van der Waals surface area contributed by atoms with Crippen molar-refractivity contribution < 1.29 is 14.3 Å². The van der Waals surface area contributed by atoms with E-state index in [1.54, 1.807) is 13.0 Å². The third-order valence-corrected chi connectivity index (χ3v) is 5.24. The van der Waals surface area contributed by atoms with E-state index in [0.717, 1.165) is 19.3 Å². The van der Waals surface area contributed by atoms with Crippen LogP contribution in [0.15, 0.2) is 11.8 Å². The van der Waals surface area contributed by atoms with Crippen molar-refractivity contribution in [1.82, 2.24) is 5.32 Å². The maximum atomic E-state index is 11.8. The molecule has 1 aliphatic rings. The van der Waals surface area contributed by atoms with Crippen LogP contribution in [-0.4, -0.2) is 30.3 Å². The molecule has 1 aliphatic heterocycles. The van der Waals surface area contributed by atoms with Crippen LogP contribution in [0.1, 0.15) is 60.8 Å². The van der Waals surface area contributed by atoms with Crippen LogP contribution in [-0.2, 0) is 14.3 Å². The minimum Gasteiger partial charge on any atom is -0.483 e. The Bertz CT molecular complexity index is 407. The van der Waals surface area contributed by atoms with Crippen molar-refractivity contribution in [3.05, 3.63) is 11.8 Å². The first-order chi connectivity index (χ1) is 9.75. The van der Waals surface area contributed by atoms with Gasteiger partial charge in [0.25, 0.3) is 0 Å². The SMILES string of the molecule is CC=C(OC1CC(C)(CC)NC(C)(CC)C1C)C(=O)OC. The van der Waals surface area contributed by atoms with E-state index < -0.39 is 5.97 Å². The van der Waals surface area contributed by atoms with Crippen molar-refractivity contribution in [2.45, 2.75) is 78.0 Å². The molecule has 4 heteroatoms. The quantitative estimate of drug-likeness (QED) is 0.480. The summed E-state index contributed by atoms with van der Waals surface area (Å²) in [7, 11) is 1.38. The van der Waals surface area contributed by atoms with E-state index >= 15 is 0 Å². The second-order valence-corrected chi connectivity index (χ2v) is 6.60. The summed E-state index contributed by atoms with van der Waals surface area (Å²) in [6, 6.07) is 0. The van der Waals surface area contributed by atoms with Crippen LogP contribution in [0.4, 0.5) is 0 Å². The van der Waals surface area contributed by atoms with Gasteiger partial charge in [-0.25, -0.2) is 4.79 Å². The summed E-state index contributed by atoms with van der Waals surface area (Å²) >= 11 is 0. The van der Waals surface area contributed by atoms with Crippen molar-refractivity contribution in [1.29, 1.82) is 0 Å². The minimum absolute atomic E-state index is 0.00263. The zero-order chi connectivity index (χ0) is 16.3.